The number of carbonyl (C=O) groups excluding carboxylic acids is 1. The predicted octanol–water partition coefficient (Wildman–Crippen LogP) is 7.02. The fourth-order valence-corrected chi connectivity index (χ4v) is 5.32. The van der Waals surface area contributed by atoms with Crippen molar-refractivity contribution in [2.24, 2.45) is 4.99 Å². The molecule has 1 heterocycles. The summed E-state index contributed by atoms with van der Waals surface area (Å²) in [5.41, 5.74) is 4.35. The number of halogens is 1. The number of fused-ring (bicyclic) bond motifs is 1. The molecule has 0 radical (unpaired) electrons. The summed E-state index contributed by atoms with van der Waals surface area (Å²) in [5, 5.41) is 1.41. The first-order valence-electron chi connectivity index (χ1n) is 10.4. The van der Waals surface area contributed by atoms with Gasteiger partial charge >= 0.3 is 0 Å². The van der Waals surface area contributed by atoms with Gasteiger partial charge in [0.15, 0.2) is 5.17 Å². The second-order valence-electron chi connectivity index (χ2n) is 7.67. The molecule has 1 saturated heterocycles. The first-order chi connectivity index (χ1) is 15.2. The Kier molecular flexibility index (Phi) is 5.66. The lowest BCUT2D eigenvalue weighted by molar-refractivity contribution is -0.124. The molecule has 3 aromatic rings. The van der Waals surface area contributed by atoms with Gasteiger partial charge in [-0.2, -0.15) is 0 Å². The molecular formula is C26H21ClN2OS. The average Bonchev–Trinajstić information content (AvgIpc) is 3.10. The minimum Gasteiger partial charge on any atom is -0.279 e. The van der Waals surface area contributed by atoms with Crippen LogP contribution in [0, 0.1) is 0 Å². The van der Waals surface area contributed by atoms with Crippen LogP contribution in [0.1, 0.15) is 35.6 Å². The van der Waals surface area contributed by atoms with E-state index >= 15 is 0 Å². The van der Waals surface area contributed by atoms with Crippen LogP contribution in [0.4, 0.5) is 5.69 Å². The average molecular weight is 445 g/mol. The summed E-state index contributed by atoms with van der Waals surface area (Å²) in [6.07, 6.45) is 4.98. The van der Waals surface area contributed by atoms with Gasteiger partial charge in [0, 0.05) is 5.02 Å². The highest BCUT2D eigenvalue weighted by molar-refractivity contribution is 8.18. The van der Waals surface area contributed by atoms with E-state index in [1.807, 2.05) is 65.6 Å². The number of hydrogen-bond donors (Lipinski definition) is 0. The summed E-state index contributed by atoms with van der Waals surface area (Å²) < 4.78 is 0. The Morgan fingerprint density at radius 1 is 0.968 bits per heavy atom. The number of amides is 1. The normalized spacial score (nSPS) is 21.0. The fraction of sp³-hybridized carbons (Fsp3) is 0.154. The van der Waals surface area contributed by atoms with E-state index in [4.69, 9.17) is 16.6 Å². The minimum absolute atomic E-state index is 0.00327. The molecule has 0 N–H and O–H groups in total. The lowest BCUT2D eigenvalue weighted by Gasteiger charge is -2.32. The van der Waals surface area contributed by atoms with E-state index in [1.54, 1.807) is 0 Å². The third kappa shape index (κ3) is 4.18. The molecule has 1 aliphatic carbocycles. The molecule has 5 heteroatoms. The molecule has 0 unspecified atom stereocenters. The molecule has 0 saturated carbocycles. The molecule has 2 aliphatic rings. The number of amidine groups is 1. The van der Waals surface area contributed by atoms with E-state index < -0.39 is 0 Å². The molecule has 0 spiro atoms. The number of thioether (sulfide) groups is 1. The maximum atomic E-state index is 13.6. The Bertz CT molecular complexity index is 1170. The molecule has 1 amide bonds. The molecule has 3 aromatic carbocycles. The van der Waals surface area contributed by atoms with E-state index in [2.05, 4.69) is 24.3 Å². The molecule has 1 aliphatic heterocycles. The van der Waals surface area contributed by atoms with Crippen molar-refractivity contribution in [2.75, 3.05) is 0 Å². The van der Waals surface area contributed by atoms with Gasteiger partial charge < -0.3 is 0 Å². The second-order valence-corrected chi connectivity index (χ2v) is 9.12. The van der Waals surface area contributed by atoms with Crippen LogP contribution in [0.25, 0.3) is 6.08 Å². The van der Waals surface area contributed by atoms with Crippen molar-refractivity contribution >= 4 is 46.2 Å². The zero-order chi connectivity index (χ0) is 21.2. The third-order valence-electron chi connectivity index (χ3n) is 5.64. The van der Waals surface area contributed by atoms with Crippen LogP contribution in [0.15, 0.2) is 88.8 Å². The number of aryl methyl sites for hydroxylation is 1. The summed E-state index contributed by atoms with van der Waals surface area (Å²) in [4.78, 5) is 21.1. The van der Waals surface area contributed by atoms with Crippen LogP contribution in [0.5, 0.6) is 0 Å². The van der Waals surface area contributed by atoms with Gasteiger partial charge in [0.1, 0.15) is 0 Å². The fourth-order valence-electron chi connectivity index (χ4n) is 4.16. The quantitative estimate of drug-likeness (QED) is 0.406. The third-order valence-corrected chi connectivity index (χ3v) is 6.87. The van der Waals surface area contributed by atoms with Gasteiger partial charge in [-0.15, -0.1) is 0 Å². The Morgan fingerprint density at radius 3 is 2.52 bits per heavy atom. The van der Waals surface area contributed by atoms with E-state index in [0.29, 0.717) is 9.93 Å². The highest BCUT2D eigenvalue weighted by Crippen LogP contribution is 2.43. The van der Waals surface area contributed by atoms with Crippen LogP contribution in [-0.4, -0.2) is 16.0 Å². The Balaban J connectivity index is 1.57. The largest absolute Gasteiger partial charge is 0.279 e. The van der Waals surface area contributed by atoms with Crippen molar-refractivity contribution in [1.82, 2.24) is 4.90 Å². The van der Waals surface area contributed by atoms with Crippen molar-refractivity contribution in [1.29, 1.82) is 0 Å². The molecule has 5 rings (SSSR count). The number of para-hydroxylation sites is 1. The standard InChI is InChI=1S/C26H21ClN2OS/c27-20-15-13-18(14-16-20)17-24-25(30)29(26(31-24)28-21-9-2-1-3-10-21)23-12-6-8-19-7-4-5-11-22(19)23/h1-5,7,9-11,13-17,23H,6,8,12H2/b24-17-,28-26?/t23-/m0/s1. The number of hydrogen-bond acceptors (Lipinski definition) is 3. The Labute approximate surface area is 191 Å². The van der Waals surface area contributed by atoms with Gasteiger partial charge in [-0.3, -0.25) is 9.69 Å². The lowest BCUT2D eigenvalue weighted by Crippen LogP contribution is -2.35. The van der Waals surface area contributed by atoms with Crippen LogP contribution >= 0.6 is 23.4 Å². The summed E-state index contributed by atoms with van der Waals surface area (Å²) in [6, 6.07) is 25.8. The van der Waals surface area contributed by atoms with Crippen molar-refractivity contribution in [3.05, 3.63) is 105 Å². The van der Waals surface area contributed by atoms with Gasteiger partial charge in [-0.1, -0.05) is 66.2 Å². The number of rotatable bonds is 3. The lowest BCUT2D eigenvalue weighted by atomic mass is 9.87. The monoisotopic (exact) mass is 444 g/mol. The van der Waals surface area contributed by atoms with Crippen LogP contribution < -0.4 is 0 Å². The smallest absolute Gasteiger partial charge is 0.267 e. The zero-order valence-corrected chi connectivity index (χ0v) is 18.4. The zero-order valence-electron chi connectivity index (χ0n) is 16.9. The van der Waals surface area contributed by atoms with Crippen LogP contribution in [0.3, 0.4) is 0 Å². The molecule has 3 nitrogen and oxygen atoms in total. The highest BCUT2D eigenvalue weighted by Gasteiger charge is 2.40. The van der Waals surface area contributed by atoms with E-state index in [1.165, 1.54) is 22.9 Å². The van der Waals surface area contributed by atoms with Crippen LogP contribution in [-0.2, 0) is 11.2 Å². The van der Waals surface area contributed by atoms with Gasteiger partial charge in [0.05, 0.1) is 16.6 Å². The first kappa shape index (κ1) is 20.1. The van der Waals surface area contributed by atoms with Crippen molar-refractivity contribution in [3.8, 4) is 0 Å². The summed E-state index contributed by atoms with van der Waals surface area (Å²) >= 11 is 7.47. The number of carbonyl (C=O) groups is 1. The molecule has 0 aromatic heterocycles. The van der Waals surface area contributed by atoms with Crippen molar-refractivity contribution in [2.45, 2.75) is 25.3 Å². The van der Waals surface area contributed by atoms with Gasteiger partial charge in [0.2, 0.25) is 0 Å². The van der Waals surface area contributed by atoms with Gasteiger partial charge in [-0.25, -0.2) is 4.99 Å². The minimum atomic E-state index is 0.00327. The molecule has 1 atom stereocenters. The number of aliphatic imine (C=N–C) groups is 1. The second kappa shape index (κ2) is 8.74. The summed E-state index contributed by atoms with van der Waals surface area (Å²) in [7, 11) is 0. The first-order valence-corrected chi connectivity index (χ1v) is 11.6. The van der Waals surface area contributed by atoms with E-state index in [-0.39, 0.29) is 11.9 Å². The number of benzene rings is 3. The van der Waals surface area contributed by atoms with Crippen molar-refractivity contribution < 1.29 is 4.79 Å². The summed E-state index contributed by atoms with van der Waals surface area (Å²) in [5.74, 6) is 0.0105. The molecule has 154 valence electrons. The summed E-state index contributed by atoms with van der Waals surface area (Å²) in [6.45, 7) is 0. The number of nitrogens with zero attached hydrogens (tertiary/aromatic N) is 2. The Morgan fingerprint density at radius 2 is 1.71 bits per heavy atom. The predicted molar refractivity (Wildman–Crippen MR) is 130 cm³/mol. The van der Waals surface area contributed by atoms with Crippen molar-refractivity contribution in [3.63, 3.8) is 0 Å². The maximum absolute atomic E-state index is 13.6. The van der Waals surface area contributed by atoms with Crippen LogP contribution in [0.2, 0.25) is 5.02 Å². The van der Waals surface area contributed by atoms with Gasteiger partial charge in [-0.05, 0) is 78.1 Å². The topological polar surface area (TPSA) is 32.7 Å². The molecule has 0 bridgehead atoms. The SMILES string of the molecule is O=C1/C(=C/c2ccc(Cl)cc2)SC(=Nc2ccccc2)N1[C@H]1CCCc2ccccc21. The maximum Gasteiger partial charge on any atom is 0.267 e. The highest BCUT2D eigenvalue weighted by atomic mass is 35.5. The molecule has 1 fully saturated rings. The van der Waals surface area contributed by atoms with E-state index in [0.717, 1.165) is 35.7 Å². The van der Waals surface area contributed by atoms with Gasteiger partial charge in [0.25, 0.3) is 5.91 Å². The van der Waals surface area contributed by atoms with E-state index in [9.17, 15) is 4.79 Å². The molecular weight excluding hydrogens is 424 g/mol. The Hall–Kier alpha value is -2.82. The molecule has 31 heavy (non-hydrogen) atoms.